The molecule has 1 radical (unpaired) electrons. The number of cyclic esters (lactones) is 1. The average molecular weight is 245 g/mol. The van der Waals surface area contributed by atoms with E-state index in [2.05, 4.69) is 4.74 Å². The third-order valence-electron chi connectivity index (χ3n) is 1.03. The van der Waals surface area contributed by atoms with Gasteiger partial charge in [-0.1, -0.05) is 20.4 Å². The predicted molar refractivity (Wildman–Crippen MR) is 39.4 cm³/mol. The summed E-state index contributed by atoms with van der Waals surface area (Å²) in [6, 6.07) is 0. The number of likely N-dealkylation sites (N-methyl/N-ethyl adjacent to an activating group) is 1. The van der Waals surface area contributed by atoms with E-state index >= 15 is 0 Å². The van der Waals surface area contributed by atoms with Crippen LogP contribution in [0, 0.1) is 6.10 Å². The summed E-state index contributed by atoms with van der Waals surface area (Å²) in [5, 5.41) is 0. The summed E-state index contributed by atoms with van der Waals surface area (Å²) >= 11 is 0. The predicted octanol–water partition coefficient (Wildman–Crippen LogP) is 1.64. The van der Waals surface area contributed by atoms with Gasteiger partial charge in [0.1, 0.15) is 0 Å². The molecule has 0 bridgehead atoms. The molecular weight excluding hydrogens is 231 g/mol. The summed E-state index contributed by atoms with van der Waals surface area (Å²) in [5.41, 5.74) is 0. The van der Waals surface area contributed by atoms with Crippen molar-refractivity contribution in [1.29, 1.82) is 0 Å². The van der Waals surface area contributed by atoms with Gasteiger partial charge in [-0.3, -0.25) is 0 Å². The number of carbonyl (C=O) groups excluding carboxylic acids is 1. The van der Waals surface area contributed by atoms with Crippen LogP contribution in [-0.4, -0.2) is 24.6 Å². The van der Waals surface area contributed by atoms with Crippen molar-refractivity contribution in [2.75, 3.05) is 13.6 Å². The molecule has 11 heavy (non-hydrogen) atoms. The largest absolute Gasteiger partial charge is 1.00 e. The molecule has 1 amide bonds. The molecule has 0 aromatic carbocycles. The SMILES string of the molecule is CC.C[C-]1CN(C)C(=O)O1.[Ru+]. The van der Waals surface area contributed by atoms with Crippen LogP contribution >= 0.6 is 0 Å². The first-order chi connectivity index (χ1) is 4.70. The van der Waals surface area contributed by atoms with Crippen LogP contribution < -0.4 is 0 Å². The van der Waals surface area contributed by atoms with E-state index < -0.39 is 0 Å². The van der Waals surface area contributed by atoms with Crippen molar-refractivity contribution in [3.63, 3.8) is 0 Å². The second kappa shape index (κ2) is 6.59. The fraction of sp³-hybridized carbons (Fsp3) is 0.714. The zero-order chi connectivity index (χ0) is 8.15. The second-order valence-corrected chi connectivity index (χ2v) is 1.93. The van der Waals surface area contributed by atoms with Crippen LogP contribution in [0.1, 0.15) is 20.8 Å². The zero-order valence-electron chi connectivity index (χ0n) is 7.32. The van der Waals surface area contributed by atoms with Gasteiger partial charge >= 0.3 is 25.6 Å². The van der Waals surface area contributed by atoms with Crippen molar-refractivity contribution >= 4 is 6.09 Å². The number of rotatable bonds is 0. The van der Waals surface area contributed by atoms with Gasteiger partial charge in [-0.2, -0.15) is 6.92 Å². The maximum absolute atomic E-state index is 10.5. The average Bonchev–Trinajstić information content (AvgIpc) is 2.16. The van der Waals surface area contributed by atoms with Crippen LogP contribution in [0.4, 0.5) is 4.79 Å². The van der Waals surface area contributed by atoms with Crippen molar-refractivity contribution in [1.82, 2.24) is 4.90 Å². The third-order valence-corrected chi connectivity index (χ3v) is 1.03. The van der Waals surface area contributed by atoms with Crippen LogP contribution in [0.25, 0.3) is 0 Å². The van der Waals surface area contributed by atoms with Gasteiger partial charge in [-0.15, -0.1) is 6.10 Å². The molecule has 1 aliphatic rings. The Labute approximate surface area is 80.8 Å². The Bertz CT molecular complexity index is 119. The molecular formula is C7H14NO2Ru. The number of amides is 1. The molecule has 0 aromatic rings. The van der Waals surface area contributed by atoms with Gasteiger partial charge in [0.05, 0.1) is 0 Å². The number of hydrogen-bond acceptors (Lipinski definition) is 2. The van der Waals surface area contributed by atoms with E-state index in [1.807, 2.05) is 13.8 Å². The van der Waals surface area contributed by atoms with Crippen LogP contribution in [0.15, 0.2) is 0 Å². The van der Waals surface area contributed by atoms with Crippen molar-refractivity contribution in [3.8, 4) is 0 Å². The van der Waals surface area contributed by atoms with Gasteiger partial charge in [0.2, 0.25) is 0 Å². The quantitative estimate of drug-likeness (QED) is 0.479. The standard InChI is InChI=1S/C5H8NO2.C2H6.Ru/c1-4-3-6(2)5(7)8-4;1-2;/h3H2,1-2H3;1-2H3;/q-1;;+1. The third kappa shape index (κ3) is 4.36. The maximum Gasteiger partial charge on any atom is 1.00 e. The fourth-order valence-electron chi connectivity index (χ4n) is 0.658. The molecule has 1 fully saturated rings. The van der Waals surface area contributed by atoms with E-state index in [0.717, 1.165) is 6.10 Å². The molecule has 0 saturated carbocycles. The van der Waals surface area contributed by atoms with Crippen molar-refractivity contribution in [3.05, 3.63) is 6.10 Å². The Kier molecular flexibility index (Phi) is 8.08. The van der Waals surface area contributed by atoms with E-state index in [4.69, 9.17) is 0 Å². The first-order valence-electron chi connectivity index (χ1n) is 3.45. The number of nitrogens with zero attached hydrogens (tertiary/aromatic N) is 1. The normalized spacial score (nSPS) is 16.4. The molecule has 3 nitrogen and oxygen atoms in total. The van der Waals surface area contributed by atoms with Gasteiger partial charge in [0.15, 0.2) is 0 Å². The molecule has 0 aromatic heterocycles. The molecule has 1 saturated heterocycles. The summed E-state index contributed by atoms with van der Waals surface area (Å²) in [6.45, 7) is 6.43. The molecule has 67 valence electrons. The maximum atomic E-state index is 10.5. The number of carbonyl (C=O) groups is 1. The molecule has 0 N–H and O–H groups in total. The van der Waals surface area contributed by atoms with E-state index in [0.29, 0.717) is 6.54 Å². The molecule has 0 unspecified atom stereocenters. The molecule has 0 atom stereocenters. The Balaban J connectivity index is 0. The molecule has 0 spiro atoms. The van der Waals surface area contributed by atoms with E-state index in [9.17, 15) is 4.79 Å². The van der Waals surface area contributed by atoms with E-state index in [1.165, 1.54) is 4.90 Å². The molecule has 1 aliphatic heterocycles. The first kappa shape index (κ1) is 13.5. The van der Waals surface area contributed by atoms with Crippen LogP contribution in [0.3, 0.4) is 0 Å². The zero-order valence-corrected chi connectivity index (χ0v) is 9.06. The summed E-state index contributed by atoms with van der Waals surface area (Å²) in [7, 11) is 1.71. The molecule has 1 rings (SSSR count). The van der Waals surface area contributed by atoms with Crippen molar-refractivity contribution in [2.45, 2.75) is 20.8 Å². The fourth-order valence-corrected chi connectivity index (χ4v) is 0.658. The summed E-state index contributed by atoms with van der Waals surface area (Å²) in [6.07, 6.45) is 0.528. The van der Waals surface area contributed by atoms with Gasteiger partial charge in [-0.25, -0.2) is 4.79 Å². The Morgan fingerprint density at radius 2 is 2.00 bits per heavy atom. The monoisotopic (exact) mass is 246 g/mol. The smallest absolute Gasteiger partial charge is 0.616 e. The molecule has 4 heteroatoms. The van der Waals surface area contributed by atoms with E-state index in [-0.39, 0.29) is 25.6 Å². The summed E-state index contributed by atoms with van der Waals surface area (Å²) < 4.78 is 4.68. The van der Waals surface area contributed by atoms with Crippen molar-refractivity contribution in [2.24, 2.45) is 0 Å². The molecule has 1 heterocycles. The summed E-state index contributed by atoms with van der Waals surface area (Å²) in [4.78, 5) is 12.0. The first-order valence-corrected chi connectivity index (χ1v) is 3.45. The number of hydrogen-bond donors (Lipinski definition) is 0. The van der Waals surface area contributed by atoms with Gasteiger partial charge < -0.3 is 9.64 Å². The minimum Gasteiger partial charge on any atom is -0.616 e. The Morgan fingerprint density at radius 1 is 1.55 bits per heavy atom. The minimum atomic E-state index is -0.248. The number of ether oxygens (including phenoxy) is 1. The molecule has 0 aliphatic carbocycles. The van der Waals surface area contributed by atoms with Gasteiger partial charge in [0, 0.05) is 7.05 Å². The van der Waals surface area contributed by atoms with Crippen LogP contribution in [0.5, 0.6) is 0 Å². The summed E-state index contributed by atoms with van der Waals surface area (Å²) in [5.74, 6) is 0. The Hall–Kier alpha value is -0.107. The van der Waals surface area contributed by atoms with Crippen molar-refractivity contribution < 1.29 is 29.0 Å². The van der Waals surface area contributed by atoms with Crippen LogP contribution in [0.2, 0.25) is 0 Å². The van der Waals surface area contributed by atoms with Gasteiger partial charge in [0.25, 0.3) is 0 Å². The van der Waals surface area contributed by atoms with Crippen LogP contribution in [-0.2, 0) is 24.2 Å². The minimum absolute atomic E-state index is 0. The van der Waals surface area contributed by atoms with Gasteiger partial charge in [-0.05, 0) is 0 Å². The second-order valence-electron chi connectivity index (χ2n) is 1.93. The Morgan fingerprint density at radius 3 is 2.09 bits per heavy atom. The topological polar surface area (TPSA) is 29.5 Å². The van der Waals surface area contributed by atoms with E-state index in [1.54, 1.807) is 14.0 Å².